The monoisotopic (exact) mass is 352 g/mol. The number of hydrogen-bond donors (Lipinski definition) is 2. The third kappa shape index (κ3) is 4.72. The van der Waals surface area contributed by atoms with Crippen LogP contribution in [0.4, 0.5) is 5.69 Å². The number of benzene rings is 1. The molecule has 0 bridgehead atoms. The molecule has 24 heavy (non-hydrogen) atoms. The molecule has 1 atom stereocenters. The summed E-state index contributed by atoms with van der Waals surface area (Å²) in [4.78, 5) is 26.3. The SMILES string of the molecule is CSCC(=O)N1CCOCC1CC(=O)Nc1cccc(CO)c1C. The number of carbonyl (C=O) groups excluding carboxylic acids is 2. The number of carbonyl (C=O) groups is 2. The largest absolute Gasteiger partial charge is 0.392 e. The number of aliphatic hydroxyl groups is 1. The van der Waals surface area contributed by atoms with Gasteiger partial charge in [-0.2, -0.15) is 11.8 Å². The summed E-state index contributed by atoms with van der Waals surface area (Å²) in [5, 5.41) is 12.2. The van der Waals surface area contributed by atoms with Crippen LogP contribution in [0.2, 0.25) is 0 Å². The van der Waals surface area contributed by atoms with Gasteiger partial charge in [0.2, 0.25) is 11.8 Å². The van der Waals surface area contributed by atoms with E-state index >= 15 is 0 Å². The molecule has 0 radical (unpaired) electrons. The third-order valence-corrected chi connectivity index (χ3v) is 4.66. The first-order valence-corrected chi connectivity index (χ1v) is 9.31. The molecule has 0 aliphatic carbocycles. The van der Waals surface area contributed by atoms with Gasteiger partial charge in [-0.1, -0.05) is 12.1 Å². The fraction of sp³-hybridized carbons (Fsp3) is 0.529. The van der Waals surface area contributed by atoms with Crippen LogP contribution in [0, 0.1) is 6.92 Å². The number of ether oxygens (including phenoxy) is 1. The average Bonchev–Trinajstić information content (AvgIpc) is 2.57. The van der Waals surface area contributed by atoms with E-state index in [2.05, 4.69) is 5.32 Å². The van der Waals surface area contributed by atoms with Crippen molar-refractivity contribution in [1.82, 2.24) is 4.90 Å². The summed E-state index contributed by atoms with van der Waals surface area (Å²) in [6.07, 6.45) is 2.08. The Labute approximate surface area is 146 Å². The smallest absolute Gasteiger partial charge is 0.232 e. The second-order valence-corrected chi connectivity index (χ2v) is 6.62. The highest BCUT2D eigenvalue weighted by atomic mass is 32.2. The minimum Gasteiger partial charge on any atom is -0.392 e. The molecule has 1 fully saturated rings. The lowest BCUT2D eigenvalue weighted by molar-refractivity contribution is -0.138. The predicted molar refractivity (Wildman–Crippen MR) is 95.1 cm³/mol. The Morgan fingerprint density at radius 2 is 2.25 bits per heavy atom. The third-order valence-electron chi connectivity index (χ3n) is 4.13. The van der Waals surface area contributed by atoms with E-state index in [1.807, 2.05) is 19.2 Å². The zero-order chi connectivity index (χ0) is 17.5. The molecular weight excluding hydrogens is 328 g/mol. The molecule has 0 saturated carbocycles. The van der Waals surface area contributed by atoms with Crippen molar-refractivity contribution >= 4 is 29.3 Å². The zero-order valence-corrected chi connectivity index (χ0v) is 14.9. The van der Waals surface area contributed by atoms with Gasteiger partial charge in [-0.3, -0.25) is 9.59 Å². The number of morpholine rings is 1. The van der Waals surface area contributed by atoms with Crippen molar-refractivity contribution in [2.45, 2.75) is 26.0 Å². The maximum Gasteiger partial charge on any atom is 0.232 e. The van der Waals surface area contributed by atoms with Gasteiger partial charge in [0.15, 0.2) is 0 Å². The van der Waals surface area contributed by atoms with Crippen molar-refractivity contribution < 1.29 is 19.4 Å². The van der Waals surface area contributed by atoms with Crippen LogP contribution < -0.4 is 5.32 Å². The first-order chi connectivity index (χ1) is 11.6. The van der Waals surface area contributed by atoms with Crippen molar-refractivity contribution in [2.24, 2.45) is 0 Å². The number of anilines is 1. The molecule has 1 aliphatic heterocycles. The Kier molecular flexibility index (Phi) is 7.08. The van der Waals surface area contributed by atoms with E-state index in [1.165, 1.54) is 11.8 Å². The van der Waals surface area contributed by atoms with Crippen molar-refractivity contribution in [1.29, 1.82) is 0 Å². The van der Waals surface area contributed by atoms with Crippen LogP contribution in [0.5, 0.6) is 0 Å². The van der Waals surface area contributed by atoms with E-state index in [0.717, 1.165) is 11.1 Å². The Bertz CT molecular complexity index is 594. The minimum absolute atomic E-state index is 0.0436. The van der Waals surface area contributed by atoms with E-state index in [1.54, 1.807) is 17.0 Å². The number of thioether (sulfide) groups is 1. The second kappa shape index (κ2) is 9.05. The number of aliphatic hydroxyl groups excluding tert-OH is 1. The fourth-order valence-electron chi connectivity index (χ4n) is 2.76. The summed E-state index contributed by atoms with van der Waals surface area (Å²) in [6, 6.07) is 5.19. The Hall–Kier alpha value is -1.57. The van der Waals surface area contributed by atoms with Crippen molar-refractivity contribution in [3.8, 4) is 0 Å². The number of hydrogen-bond acceptors (Lipinski definition) is 5. The molecule has 1 saturated heterocycles. The maximum absolute atomic E-state index is 12.4. The Morgan fingerprint density at radius 3 is 2.96 bits per heavy atom. The number of nitrogens with zero attached hydrogens (tertiary/aromatic N) is 1. The summed E-state index contributed by atoms with van der Waals surface area (Å²) in [5.74, 6) is 0.295. The van der Waals surface area contributed by atoms with Crippen LogP contribution in [0.1, 0.15) is 17.5 Å². The van der Waals surface area contributed by atoms with Gasteiger partial charge >= 0.3 is 0 Å². The predicted octanol–water partition coefficient (Wildman–Crippen LogP) is 1.41. The highest BCUT2D eigenvalue weighted by Gasteiger charge is 2.28. The molecule has 6 nitrogen and oxygen atoms in total. The van der Waals surface area contributed by atoms with Gasteiger partial charge in [0.25, 0.3) is 0 Å². The van der Waals surface area contributed by atoms with Crippen LogP contribution in [0.15, 0.2) is 18.2 Å². The van der Waals surface area contributed by atoms with Gasteiger partial charge < -0.3 is 20.1 Å². The normalized spacial score (nSPS) is 17.6. The summed E-state index contributed by atoms with van der Waals surface area (Å²) in [5.41, 5.74) is 2.32. The standard InChI is InChI=1S/C17H24N2O4S/c1-12-13(9-20)4-3-5-15(12)18-16(21)8-14-10-23-7-6-19(14)17(22)11-24-2/h3-5,14,20H,6-11H2,1-2H3,(H,18,21). The van der Waals surface area contributed by atoms with Crippen LogP contribution in [0.3, 0.4) is 0 Å². The summed E-state index contributed by atoms with van der Waals surface area (Å²) in [6.45, 7) is 3.21. The first kappa shape index (κ1) is 18.8. The minimum atomic E-state index is -0.236. The molecule has 1 unspecified atom stereocenters. The lowest BCUT2D eigenvalue weighted by Gasteiger charge is -2.35. The lowest BCUT2D eigenvalue weighted by atomic mass is 10.1. The quantitative estimate of drug-likeness (QED) is 0.809. The van der Waals surface area contributed by atoms with Gasteiger partial charge in [0.05, 0.1) is 31.6 Å². The lowest BCUT2D eigenvalue weighted by Crippen LogP contribution is -2.50. The number of amides is 2. The Morgan fingerprint density at radius 1 is 1.46 bits per heavy atom. The van der Waals surface area contributed by atoms with Crippen LogP contribution in [-0.2, 0) is 20.9 Å². The van der Waals surface area contributed by atoms with E-state index in [0.29, 0.717) is 31.2 Å². The molecule has 132 valence electrons. The molecule has 1 heterocycles. The highest BCUT2D eigenvalue weighted by Crippen LogP contribution is 2.20. The van der Waals surface area contributed by atoms with Gasteiger partial charge in [0, 0.05) is 18.7 Å². The highest BCUT2D eigenvalue weighted by molar-refractivity contribution is 7.99. The summed E-state index contributed by atoms with van der Waals surface area (Å²) in [7, 11) is 0. The molecule has 1 aliphatic rings. The molecule has 1 aromatic rings. The first-order valence-electron chi connectivity index (χ1n) is 7.92. The summed E-state index contributed by atoms with van der Waals surface area (Å²) < 4.78 is 5.44. The summed E-state index contributed by atoms with van der Waals surface area (Å²) >= 11 is 1.48. The fourth-order valence-corrected chi connectivity index (χ4v) is 3.18. The van der Waals surface area contributed by atoms with Crippen molar-refractivity contribution in [2.75, 3.05) is 37.1 Å². The second-order valence-electron chi connectivity index (χ2n) is 5.75. The van der Waals surface area contributed by atoms with Crippen LogP contribution in [0.25, 0.3) is 0 Å². The topological polar surface area (TPSA) is 78.9 Å². The average molecular weight is 352 g/mol. The van der Waals surface area contributed by atoms with E-state index in [-0.39, 0.29) is 30.9 Å². The molecule has 7 heteroatoms. The van der Waals surface area contributed by atoms with Crippen LogP contribution >= 0.6 is 11.8 Å². The molecule has 2 rings (SSSR count). The van der Waals surface area contributed by atoms with E-state index in [9.17, 15) is 14.7 Å². The molecule has 0 aromatic heterocycles. The van der Waals surface area contributed by atoms with Gasteiger partial charge in [0.1, 0.15) is 0 Å². The Balaban J connectivity index is 2.01. The van der Waals surface area contributed by atoms with E-state index in [4.69, 9.17) is 4.74 Å². The zero-order valence-electron chi connectivity index (χ0n) is 14.1. The van der Waals surface area contributed by atoms with Gasteiger partial charge in [-0.15, -0.1) is 0 Å². The maximum atomic E-state index is 12.4. The van der Waals surface area contributed by atoms with Crippen LogP contribution in [-0.4, -0.2) is 59.6 Å². The van der Waals surface area contributed by atoms with Gasteiger partial charge in [-0.05, 0) is 30.4 Å². The molecule has 2 amide bonds. The number of nitrogens with one attached hydrogen (secondary N) is 1. The number of rotatable bonds is 6. The van der Waals surface area contributed by atoms with Gasteiger partial charge in [-0.25, -0.2) is 0 Å². The molecular formula is C17H24N2O4S. The van der Waals surface area contributed by atoms with Crippen molar-refractivity contribution in [3.05, 3.63) is 29.3 Å². The van der Waals surface area contributed by atoms with Crippen molar-refractivity contribution in [3.63, 3.8) is 0 Å². The molecule has 0 spiro atoms. The molecule has 1 aromatic carbocycles. The van der Waals surface area contributed by atoms with E-state index < -0.39 is 0 Å². The molecule has 2 N–H and O–H groups in total.